The minimum Gasteiger partial charge on any atom is -0.396 e. The van der Waals surface area contributed by atoms with Crippen molar-refractivity contribution >= 4 is 17.7 Å². The summed E-state index contributed by atoms with van der Waals surface area (Å²) in [5.74, 6) is 0.301. The van der Waals surface area contributed by atoms with E-state index in [1.165, 1.54) is 11.8 Å². The molecule has 0 bridgehead atoms. The Labute approximate surface area is 117 Å². The molecule has 0 aromatic carbocycles. The van der Waals surface area contributed by atoms with E-state index in [0.29, 0.717) is 12.3 Å². The van der Waals surface area contributed by atoms with Crippen molar-refractivity contribution in [1.29, 1.82) is 0 Å². The summed E-state index contributed by atoms with van der Waals surface area (Å²) in [7, 11) is 0. The second kappa shape index (κ2) is 5.92. The average Bonchev–Trinajstić information content (AvgIpc) is 3.02. The highest BCUT2D eigenvalue weighted by Gasteiger charge is 2.41. The van der Waals surface area contributed by atoms with Crippen LogP contribution in [0.4, 0.5) is 0 Å². The third-order valence-electron chi connectivity index (χ3n) is 3.38. The molecule has 0 atom stereocenters. The van der Waals surface area contributed by atoms with Gasteiger partial charge in [-0.1, -0.05) is 11.8 Å². The van der Waals surface area contributed by atoms with Crippen LogP contribution in [0.25, 0.3) is 0 Å². The Kier molecular flexibility index (Phi) is 4.46. The summed E-state index contributed by atoms with van der Waals surface area (Å²) >= 11 is 1.38. The maximum atomic E-state index is 11.7. The number of amides is 1. The fraction of sp³-hybridized carbons (Fsp3) is 0.750. The molecule has 0 radical (unpaired) electrons. The monoisotopic (exact) mass is 284 g/mol. The van der Waals surface area contributed by atoms with Crippen LogP contribution in [0.3, 0.4) is 0 Å². The molecule has 0 spiro atoms. The van der Waals surface area contributed by atoms with Crippen molar-refractivity contribution in [2.75, 3.05) is 18.9 Å². The van der Waals surface area contributed by atoms with Gasteiger partial charge in [0.25, 0.3) is 0 Å². The molecule has 1 saturated carbocycles. The number of carbonyl (C=O) groups is 1. The van der Waals surface area contributed by atoms with Gasteiger partial charge >= 0.3 is 0 Å². The maximum Gasteiger partial charge on any atom is 0.230 e. The van der Waals surface area contributed by atoms with Gasteiger partial charge in [-0.05, 0) is 26.7 Å². The number of aliphatic hydroxyl groups is 1. The molecule has 6 nitrogen and oxygen atoms in total. The predicted octanol–water partition coefficient (Wildman–Crippen LogP) is 0.840. The Bertz CT molecular complexity index is 443. The van der Waals surface area contributed by atoms with Crippen molar-refractivity contribution in [3.63, 3.8) is 0 Å². The van der Waals surface area contributed by atoms with Crippen molar-refractivity contribution in [3.8, 4) is 0 Å². The second-order valence-electron chi connectivity index (χ2n) is 5.34. The highest BCUT2D eigenvalue weighted by Crippen LogP contribution is 2.44. The van der Waals surface area contributed by atoms with Gasteiger partial charge in [0.05, 0.1) is 12.4 Å². The molecule has 7 heteroatoms. The molecule has 1 aromatic rings. The van der Waals surface area contributed by atoms with E-state index in [9.17, 15) is 4.79 Å². The zero-order valence-corrected chi connectivity index (χ0v) is 12.1. The van der Waals surface area contributed by atoms with Crippen molar-refractivity contribution in [1.82, 2.24) is 20.1 Å². The molecule has 0 aliphatic heterocycles. The second-order valence-corrected chi connectivity index (χ2v) is 6.28. The minimum atomic E-state index is -0.0434. The number of hydrogen-bond acceptors (Lipinski definition) is 5. The molecule has 1 aromatic heterocycles. The summed E-state index contributed by atoms with van der Waals surface area (Å²) in [4.78, 5) is 11.7. The Hall–Kier alpha value is -1.08. The summed E-state index contributed by atoms with van der Waals surface area (Å²) in [6.45, 7) is 4.82. The van der Waals surface area contributed by atoms with Crippen LogP contribution in [0, 0.1) is 5.41 Å². The highest BCUT2D eigenvalue weighted by molar-refractivity contribution is 7.99. The highest BCUT2D eigenvalue weighted by atomic mass is 32.2. The van der Waals surface area contributed by atoms with Crippen molar-refractivity contribution in [2.24, 2.45) is 5.41 Å². The summed E-state index contributed by atoms with van der Waals surface area (Å²) < 4.78 is 1.94. The summed E-state index contributed by atoms with van der Waals surface area (Å²) in [5.41, 5.74) is -0.0434. The summed E-state index contributed by atoms with van der Waals surface area (Å²) in [5, 5.41) is 20.7. The average molecular weight is 284 g/mol. The Balaban J connectivity index is 1.75. The summed E-state index contributed by atoms with van der Waals surface area (Å²) in [6, 6.07) is 0.282. The van der Waals surface area contributed by atoms with Crippen molar-refractivity contribution in [3.05, 3.63) is 6.33 Å². The van der Waals surface area contributed by atoms with Gasteiger partial charge in [-0.3, -0.25) is 4.79 Å². The van der Waals surface area contributed by atoms with Crippen LogP contribution < -0.4 is 5.32 Å². The van der Waals surface area contributed by atoms with E-state index in [1.54, 1.807) is 6.33 Å². The molecular weight excluding hydrogens is 264 g/mol. The van der Waals surface area contributed by atoms with Crippen molar-refractivity contribution in [2.45, 2.75) is 37.9 Å². The van der Waals surface area contributed by atoms with E-state index >= 15 is 0 Å². The minimum absolute atomic E-state index is 0.0250. The topological polar surface area (TPSA) is 80.0 Å². The van der Waals surface area contributed by atoms with Gasteiger partial charge in [-0.2, -0.15) is 0 Å². The van der Waals surface area contributed by atoms with Crippen LogP contribution in [-0.4, -0.2) is 44.7 Å². The molecule has 1 fully saturated rings. The summed E-state index contributed by atoms with van der Waals surface area (Å²) in [6.07, 6.45) is 3.67. The molecule has 1 heterocycles. The first-order valence-electron chi connectivity index (χ1n) is 6.46. The van der Waals surface area contributed by atoms with Crippen LogP contribution in [-0.2, 0) is 4.79 Å². The van der Waals surface area contributed by atoms with Crippen molar-refractivity contribution < 1.29 is 9.90 Å². The lowest BCUT2D eigenvalue weighted by Gasteiger charge is -2.13. The van der Waals surface area contributed by atoms with Gasteiger partial charge in [0.15, 0.2) is 5.16 Å². The molecule has 2 N–H and O–H groups in total. The fourth-order valence-corrected chi connectivity index (χ4v) is 2.60. The van der Waals surface area contributed by atoms with E-state index in [0.717, 1.165) is 18.0 Å². The van der Waals surface area contributed by atoms with E-state index in [4.69, 9.17) is 5.11 Å². The number of thioether (sulfide) groups is 1. The van der Waals surface area contributed by atoms with E-state index in [-0.39, 0.29) is 24.0 Å². The standard InChI is InChI=1S/C12H20N4O2S/c1-9(2)16-8-14-15-11(16)19-5-10(18)13-6-12(7-17)3-4-12/h8-9,17H,3-7H2,1-2H3,(H,13,18). The zero-order chi connectivity index (χ0) is 13.9. The lowest BCUT2D eigenvalue weighted by molar-refractivity contribution is -0.118. The molecule has 2 rings (SSSR count). The zero-order valence-electron chi connectivity index (χ0n) is 11.3. The van der Waals surface area contributed by atoms with Gasteiger partial charge in [0.1, 0.15) is 6.33 Å². The lowest BCUT2D eigenvalue weighted by Crippen LogP contribution is -2.33. The normalized spacial score (nSPS) is 16.6. The predicted molar refractivity (Wildman–Crippen MR) is 72.9 cm³/mol. The molecule has 19 heavy (non-hydrogen) atoms. The van der Waals surface area contributed by atoms with Crippen LogP contribution in [0.15, 0.2) is 11.5 Å². The van der Waals surface area contributed by atoms with Gasteiger partial charge in [-0.25, -0.2) is 0 Å². The molecule has 1 amide bonds. The molecule has 0 unspecified atom stereocenters. The Morgan fingerprint density at radius 1 is 1.63 bits per heavy atom. The molecule has 106 valence electrons. The molecule has 0 saturated heterocycles. The quantitative estimate of drug-likeness (QED) is 0.725. The van der Waals surface area contributed by atoms with E-state index in [1.807, 2.05) is 18.4 Å². The fourth-order valence-electron chi connectivity index (χ4n) is 1.72. The number of hydrogen-bond donors (Lipinski definition) is 2. The number of rotatable bonds is 7. The van der Waals surface area contributed by atoms with Crippen LogP contribution in [0.1, 0.15) is 32.7 Å². The third-order valence-corrected chi connectivity index (χ3v) is 4.34. The first-order chi connectivity index (χ1) is 9.06. The Morgan fingerprint density at radius 3 is 2.95 bits per heavy atom. The van der Waals surface area contributed by atoms with E-state index in [2.05, 4.69) is 15.5 Å². The third kappa shape index (κ3) is 3.70. The largest absolute Gasteiger partial charge is 0.396 e. The van der Waals surface area contributed by atoms with Crippen LogP contribution >= 0.6 is 11.8 Å². The molecule has 1 aliphatic rings. The first-order valence-corrected chi connectivity index (χ1v) is 7.45. The molecule has 1 aliphatic carbocycles. The Morgan fingerprint density at radius 2 is 2.37 bits per heavy atom. The maximum absolute atomic E-state index is 11.7. The number of carbonyl (C=O) groups excluding carboxylic acids is 1. The number of nitrogens with one attached hydrogen (secondary N) is 1. The lowest BCUT2D eigenvalue weighted by atomic mass is 10.1. The first kappa shape index (κ1) is 14.3. The van der Waals surface area contributed by atoms with Crippen LogP contribution in [0.2, 0.25) is 0 Å². The SMILES string of the molecule is CC(C)n1cnnc1SCC(=O)NCC1(CO)CC1. The number of nitrogens with zero attached hydrogens (tertiary/aromatic N) is 3. The van der Waals surface area contributed by atoms with Gasteiger partial charge in [0, 0.05) is 18.0 Å². The van der Waals surface area contributed by atoms with Gasteiger partial charge in [0.2, 0.25) is 5.91 Å². The number of aliphatic hydroxyl groups excluding tert-OH is 1. The smallest absolute Gasteiger partial charge is 0.230 e. The van der Waals surface area contributed by atoms with E-state index < -0.39 is 0 Å². The number of aromatic nitrogens is 3. The molecular formula is C12H20N4O2S. The van der Waals surface area contributed by atoms with Gasteiger partial charge in [-0.15, -0.1) is 10.2 Å². The van der Waals surface area contributed by atoms with Crippen LogP contribution in [0.5, 0.6) is 0 Å². The van der Waals surface area contributed by atoms with Gasteiger partial charge < -0.3 is 15.0 Å².